The quantitative estimate of drug-likeness (QED) is 0.609. The van der Waals surface area contributed by atoms with E-state index in [0.717, 1.165) is 11.3 Å². The lowest BCUT2D eigenvalue weighted by atomic mass is 9.88. The van der Waals surface area contributed by atoms with E-state index in [0.29, 0.717) is 0 Å². The van der Waals surface area contributed by atoms with E-state index in [-0.39, 0.29) is 19.1 Å². The molecule has 1 aliphatic heterocycles. The predicted octanol–water partition coefficient (Wildman–Crippen LogP) is 1.51. The number of esters is 2. The summed E-state index contributed by atoms with van der Waals surface area (Å²) in [5.41, 5.74) is 0.865. The topological polar surface area (TPSA) is 61.8 Å². The Morgan fingerprint density at radius 2 is 2.05 bits per heavy atom. The maximum Gasteiger partial charge on any atom is 0.321 e. The molecule has 0 aromatic heterocycles. The van der Waals surface area contributed by atoms with Crippen LogP contribution in [0.5, 0.6) is 5.75 Å². The van der Waals surface area contributed by atoms with Gasteiger partial charge in [-0.1, -0.05) is 12.1 Å². The molecule has 1 fully saturated rings. The third-order valence-electron chi connectivity index (χ3n) is 3.15. The summed E-state index contributed by atoms with van der Waals surface area (Å²) in [6.07, 6.45) is 0. The molecule has 19 heavy (non-hydrogen) atoms. The third kappa shape index (κ3) is 2.70. The molecule has 2 atom stereocenters. The van der Waals surface area contributed by atoms with Crippen molar-refractivity contribution >= 4 is 11.9 Å². The molecule has 0 amide bonds. The van der Waals surface area contributed by atoms with Crippen LogP contribution in [-0.2, 0) is 19.1 Å². The van der Waals surface area contributed by atoms with Crippen molar-refractivity contribution < 1.29 is 23.8 Å². The van der Waals surface area contributed by atoms with Crippen LogP contribution in [0.25, 0.3) is 0 Å². The van der Waals surface area contributed by atoms with Crippen LogP contribution in [0.15, 0.2) is 24.3 Å². The van der Waals surface area contributed by atoms with Gasteiger partial charge in [-0.3, -0.25) is 9.59 Å². The summed E-state index contributed by atoms with van der Waals surface area (Å²) in [5, 5.41) is 0. The molecule has 102 valence electrons. The highest BCUT2D eigenvalue weighted by Crippen LogP contribution is 2.33. The van der Waals surface area contributed by atoms with Crippen molar-refractivity contribution in [3.8, 4) is 5.75 Å². The van der Waals surface area contributed by atoms with Crippen molar-refractivity contribution in [2.75, 3.05) is 20.3 Å². The van der Waals surface area contributed by atoms with Gasteiger partial charge in [0.2, 0.25) is 0 Å². The molecule has 0 unspecified atom stereocenters. The fourth-order valence-corrected chi connectivity index (χ4v) is 2.15. The molecule has 0 bridgehead atoms. The van der Waals surface area contributed by atoms with Crippen molar-refractivity contribution in [1.82, 2.24) is 0 Å². The summed E-state index contributed by atoms with van der Waals surface area (Å²) in [4.78, 5) is 23.5. The van der Waals surface area contributed by atoms with E-state index in [2.05, 4.69) is 0 Å². The monoisotopic (exact) mass is 264 g/mol. The van der Waals surface area contributed by atoms with E-state index in [9.17, 15) is 9.59 Å². The highest BCUT2D eigenvalue weighted by molar-refractivity contribution is 5.97. The number of carbonyl (C=O) groups excluding carboxylic acids is 2. The average Bonchev–Trinajstić information content (AvgIpc) is 2.81. The zero-order chi connectivity index (χ0) is 13.8. The van der Waals surface area contributed by atoms with E-state index in [4.69, 9.17) is 14.2 Å². The van der Waals surface area contributed by atoms with Gasteiger partial charge in [0.15, 0.2) is 5.92 Å². The first-order valence-electron chi connectivity index (χ1n) is 6.14. The van der Waals surface area contributed by atoms with Gasteiger partial charge in [-0.15, -0.1) is 0 Å². The molecule has 1 heterocycles. The fraction of sp³-hybridized carbons (Fsp3) is 0.429. The lowest BCUT2D eigenvalue weighted by Crippen LogP contribution is -2.26. The molecule has 1 aromatic rings. The Morgan fingerprint density at radius 1 is 1.37 bits per heavy atom. The summed E-state index contributed by atoms with van der Waals surface area (Å²) in [6.45, 7) is 2.16. The molecular weight excluding hydrogens is 248 g/mol. The molecule has 5 nitrogen and oxygen atoms in total. The molecule has 0 radical (unpaired) electrons. The average molecular weight is 264 g/mol. The van der Waals surface area contributed by atoms with Crippen molar-refractivity contribution in [3.63, 3.8) is 0 Å². The zero-order valence-corrected chi connectivity index (χ0v) is 10.9. The molecule has 1 aliphatic rings. The Bertz CT molecular complexity index is 465. The zero-order valence-electron chi connectivity index (χ0n) is 10.9. The largest absolute Gasteiger partial charge is 0.497 e. The van der Waals surface area contributed by atoms with E-state index in [1.54, 1.807) is 26.2 Å². The van der Waals surface area contributed by atoms with Gasteiger partial charge in [-0.05, 0) is 24.6 Å². The first-order chi connectivity index (χ1) is 9.17. The van der Waals surface area contributed by atoms with Crippen LogP contribution in [0.1, 0.15) is 18.4 Å². The summed E-state index contributed by atoms with van der Waals surface area (Å²) in [6, 6.07) is 7.25. The maximum absolute atomic E-state index is 11.8. The molecule has 0 N–H and O–H groups in total. The second kappa shape index (κ2) is 5.73. The minimum absolute atomic E-state index is 0.203. The highest BCUT2D eigenvalue weighted by Gasteiger charge is 2.44. The standard InChI is InChI=1S/C14H16O5/c1-3-18-13(15)12-11(8-19-14(12)16)9-4-6-10(17-2)7-5-9/h4-7,11-12H,3,8H2,1-2H3/t11-,12+/m0/s1. The summed E-state index contributed by atoms with van der Waals surface area (Å²) in [5.74, 6) is -1.47. The van der Waals surface area contributed by atoms with Crippen LogP contribution in [0.2, 0.25) is 0 Å². The molecule has 1 aromatic carbocycles. The molecule has 1 saturated heterocycles. The molecule has 0 spiro atoms. The Morgan fingerprint density at radius 3 is 2.63 bits per heavy atom. The van der Waals surface area contributed by atoms with Gasteiger partial charge < -0.3 is 14.2 Å². The third-order valence-corrected chi connectivity index (χ3v) is 3.15. The van der Waals surface area contributed by atoms with Gasteiger partial charge in [0.1, 0.15) is 5.75 Å². The number of cyclic esters (lactones) is 1. The van der Waals surface area contributed by atoms with Crippen LogP contribution in [-0.4, -0.2) is 32.3 Å². The first kappa shape index (κ1) is 13.4. The smallest absolute Gasteiger partial charge is 0.321 e. The van der Waals surface area contributed by atoms with Gasteiger partial charge in [0.05, 0.1) is 20.3 Å². The number of benzene rings is 1. The van der Waals surface area contributed by atoms with Crippen LogP contribution < -0.4 is 4.74 Å². The van der Waals surface area contributed by atoms with Gasteiger partial charge in [0.25, 0.3) is 0 Å². The fourth-order valence-electron chi connectivity index (χ4n) is 2.15. The second-order valence-electron chi connectivity index (χ2n) is 4.24. The molecule has 0 aliphatic carbocycles. The second-order valence-corrected chi connectivity index (χ2v) is 4.24. The number of hydrogen-bond donors (Lipinski definition) is 0. The van der Waals surface area contributed by atoms with E-state index in [1.807, 2.05) is 12.1 Å². The molecule has 5 heteroatoms. The van der Waals surface area contributed by atoms with Crippen molar-refractivity contribution in [2.24, 2.45) is 5.92 Å². The number of hydrogen-bond acceptors (Lipinski definition) is 5. The summed E-state index contributed by atoms with van der Waals surface area (Å²) < 4.78 is 15.0. The summed E-state index contributed by atoms with van der Waals surface area (Å²) >= 11 is 0. The van der Waals surface area contributed by atoms with Gasteiger partial charge in [0, 0.05) is 5.92 Å². The lowest BCUT2D eigenvalue weighted by Gasteiger charge is -2.14. The molecule has 0 saturated carbocycles. The van der Waals surface area contributed by atoms with Crippen molar-refractivity contribution in [3.05, 3.63) is 29.8 Å². The lowest BCUT2D eigenvalue weighted by molar-refractivity contribution is -0.155. The molecular formula is C14H16O5. The van der Waals surface area contributed by atoms with Crippen LogP contribution >= 0.6 is 0 Å². The highest BCUT2D eigenvalue weighted by atomic mass is 16.6. The number of ether oxygens (including phenoxy) is 3. The molecule has 2 rings (SSSR count). The first-order valence-corrected chi connectivity index (χ1v) is 6.14. The normalized spacial score (nSPS) is 21.9. The Hall–Kier alpha value is -2.04. The Labute approximate surface area is 111 Å². The van der Waals surface area contributed by atoms with Gasteiger partial charge >= 0.3 is 11.9 Å². The SMILES string of the molecule is CCOC(=O)[C@@H]1C(=O)OC[C@H]1c1ccc(OC)cc1. The van der Waals surface area contributed by atoms with Gasteiger partial charge in [-0.2, -0.15) is 0 Å². The minimum atomic E-state index is -0.867. The number of carbonyl (C=O) groups is 2. The van der Waals surface area contributed by atoms with Crippen LogP contribution in [0.3, 0.4) is 0 Å². The minimum Gasteiger partial charge on any atom is -0.497 e. The Kier molecular flexibility index (Phi) is 4.04. The van der Waals surface area contributed by atoms with Crippen molar-refractivity contribution in [1.29, 1.82) is 0 Å². The Balaban J connectivity index is 2.21. The number of rotatable bonds is 4. The maximum atomic E-state index is 11.8. The van der Waals surface area contributed by atoms with E-state index >= 15 is 0 Å². The van der Waals surface area contributed by atoms with Gasteiger partial charge in [-0.25, -0.2) is 0 Å². The summed E-state index contributed by atoms with van der Waals surface area (Å²) in [7, 11) is 1.58. The van der Waals surface area contributed by atoms with Crippen LogP contribution in [0, 0.1) is 5.92 Å². The van der Waals surface area contributed by atoms with Crippen molar-refractivity contribution in [2.45, 2.75) is 12.8 Å². The van der Waals surface area contributed by atoms with Crippen LogP contribution in [0.4, 0.5) is 0 Å². The van der Waals surface area contributed by atoms with E-state index < -0.39 is 17.9 Å². The number of methoxy groups -OCH3 is 1. The predicted molar refractivity (Wildman–Crippen MR) is 66.8 cm³/mol. The van der Waals surface area contributed by atoms with E-state index in [1.165, 1.54) is 0 Å².